The summed E-state index contributed by atoms with van der Waals surface area (Å²) < 4.78 is 7.14. The lowest BCUT2D eigenvalue weighted by Crippen LogP contribution is -2.32. The SMILES string of the molecule is Cc1noc(C)c1CN1CCc2c(C(=O)NCCc3nncn3C)csc2C1. The number of nitrogens with one attached hydrogen (secondary N) is 1. The number of nitrogens with zero attached hydrogens (tertiary/aromatic N) is 5. The summed E-state index contributed by atoms with van der Waals surface area (Å²) in [7, 11) is 1.90. The van der Waals surface area contributed by atoms with Gasteiger partial charge in [0, 0.05) is 55.5 Å². The Morgan fingerprint density at radius 3 is 2.96 bits per heavy atom. The molecule has 1 N–H and O–H groups in total. The third-order valence-corrected chi connectivity index (χ3v) is 6.29. The van der Waals surface area contributed by atoms with Crippen LogP contribution < -0.4 is 5.32 Å². The van der Waals surface area contributed by atoms with E-state index in [9.17, 15) is 4.79 Å². The van der Waals surface area contributed by atoms with Crippen molar-refractivity contribution < 1.29 is 9.32 Å². The zero-order valence-electron chi connectivity index (χ0n) is 16.4. The number of carbonyl (C=O) groups excluding carboxylic acids is 1. The third-order valence-electron chi connectivity index (χ3n) is 5.27. The molecule has 0 radical (unpaired) electrons. The summed E-state index contributed by atoms with van der Waals surface area (Å²) in [5.74, 6) is 1.75. The third kappa shape index (κ3) is 3.72. The van der Waals surface area contributed by atoms with Crippen LogP contribution in [-0.4, -0.2) is 43.8 Å². The number of aromatic nitrogens is 4. The molecule has 3 aromatic heterocycles. The van der Waals surface area contributed by atoms with Crippen LogP contribution in [0.25, 0.3) is 0 Å². The molecule has 4 heterocycles. The first-order valence-corrected chi connectivity index (χ1v) is 10.2. The predicted octanol–water partition coefficient (Wildman–Crippen LogP) is 2.01. The molecule has 28 heavy (non-hydrogen) atoms. The maximum Gasteiger partial charge on any atom is 0.252 e. The highest BCUT2D eigenvalue weighted by Gasteiger charge is 2.25. The van der Waals surface area contributed by atoms with Crippen LogP contribution in [0.1, 0.15) is 43.6 Å². The Hall–Kier alpha value is -2.52. The van der Waals surface area contributed by atoms with Crippen molar-refractivity contribution in [2.45, 2.75) is 39.8 Å². The molecule has 0 saturated heterocycles. The van der Waals surface area contributed by atoms with Gasteiger partial charge in [-0.05, 0) is 25.8 Å². The Kier molecular flexibility index (Phi) is 5.27. The highest BCUT2D eigenvalue weighted by molar-refractivity contribution is 7.10. The van der Waals surface area contributed by atoms with Crippen LogP contribution in [0.2, 0.25) is 0 Å². The number of rotatable bonds is 6. The molecular formula is C19H24N6O2S. The lowest BCUT2D eigenvalue weighted by Gasteiger charge is -2.27. The molecule has 0 aromatic carbocycles. The Morgan fingerprint density at radius 2 is 2.25 bits per heavy atom. The van der Waals surface area contributed by atoms with Gasteiger partial charge in [0.25, 0.3) is 5.91 Å². The number of carbonyl (C=O) groups is 1. The minimum atomic E-state index is -0.00107. The Morgan fingerprint density at radius 1 is 1.39 bits per heavy atom. The first-order valence-electron chi connectivity index (χ1n) is 9.37. The van der Waals surface area contributed by atoms with Crippen LogP contribution in [0.4, 0.5) is 0 Å². The Balaban J connectivity index is 1.36. The molecule has 4 rings (SSSR count). The summed E-state index contributed by atoms with van der Waals surface area (Å²) in [6, 6.07) is 0. The van der Waals surface area contributed by atoms with Crippen LogP contribution >= 0.6 is 11.3 Å². The highest BCUT2D eigenvalue weighted by atomic mass is 32.1. The van der Waals surface area contributed by atoms with Crippen LogP contribution in [0.15, 0.2) is 16.2 Å². The van der Waals surface area contributed by atoms with Crippen LogP contribution in [0.3, 0.4) is 0 Å². The fourth-order valence-corrected chi connectivity index (χ4v) is 4.70. The van der Waals surface area contributed by atoms with Crippen molar-refractivity contribution in [3.8, 4) is 0 Å². The van der Waals surface area contributed by atoms with E-state index in [4.69, 9.17) is 4.52 Å². The van der Waals surface area contributed by atoms with Crippen LogP contribution in [0.5, 0.6) is 0 Å². The van der Waals surface area contributed by atoms with Crippen molar-refractivity contribution in [3.63, 3.8) is 0 Å². The number of thiophene rings is 1. The molecular weight excluding hydrogens is 376 g/mol. The van der Waals surface area contributed by atoms with Crippen molar-refractivity contribution in [1.29, 1.82) is 0 Å². The molecule has 1 aliphatic heterocycles. The second kappa shape index (κ2) is 7.84. The zero-order chi connectivity index (χ0) is 19.7. The second-order valence-electron chi connectivity index (χ2n) is 7.18. The summed E-state index contributed by atoms with van der Waals surface area (Å²) in [6.45, 7) is 7.10. The minimum absolute atomic E-state index is 0.00107. The highest BCUT2D eigenvalue weighted by Crippen LogP contribution is 2.30. The molecule has 0 atom stereocenters. The summed E-state index contributed by atoms with van der Waals surface area (Å²) in [5, 5.41) is 16.9. The first-order chi connectivity index (χ1) is 13.5. The van der Waals surface area contributed by atoms with Crippen molar-refractivity contribution in [1.82, 2.24) is 30.1 Å². The second-order valence-corrected chi connectivity index (χ2v) is 8.14. The monoisotopic (exact) mass is 400 g/mol. The van der Waals surface area contributed by atoms with Gasteiger partial charge in [0.2, 0.25) is 0 Å². The van der Waals surface area contributed by atoms with Gasteiger partial charge in [-0.15, -0.1) is 21.5 Å². The number of fused-ring (bicyclic) bond motifs is 1. The molecule has 1 amide bonds. The van der Waals surface area contributed by atoms with E-state index in [1.165, 1.54) is 16.0 Å². The number of amides is 1. The van der Waals surface area contributed by atoms with Crippen LogP contribution in [-0.2, 0) is 33.0 Å². The van der Waals surface area contributed by atoms with Crippen LogP contribution in [0, 0.1) is 13.8 Å². The van der Waals surface area contributed by atoms with E-state index in [-0.39, 0.29) is 5.91 Å². The summed E-state index contributed by atoms with van der Waals surface area (Å²) in [5.41, 5.74) is 4.13. The molecule has 0 saturated carbocycles. The van der Waals surface area contributed by atoms with Crippen molar-refractivity contribution >= 4 is 17.2 Å². The van der Waals surface area contributed by atoms with E-state index in [0.29, 0.717) is 13.0 Å². The van der Waals surface area contributed by atoms with E-state index < -0.39 is 0 Å². The molecule has 8 nitrogen and oxygen atoms in total. The standard InChI is InChI=1S/C19H24N6O2S/c1-12-15(13(2)27-23-12)8-25-7-5-14-16(10-28-17(14)9-25)19(26)20-6-4-18-22-21-11-24(18)3/h10-11H,4-9H2,1-3H3,(H,20,26). The van der Waals surface area contributed by atoms with Crippen molar-refractivity contribution in [2.75, 3.05) is 13.1 Å². The molecule has 1 aliphatic rings. The van der Waals surface area contributed by atoms with Crippen molar-refractivity contribution in [3.05, 3.63) is 50.6 Å². The molecule has 0 spiro atoms. The van der Waals surface area contributed by atoms with E-state index in [2.05, 4.69) is 25.6 Å². The van der Waals surface area contributed by atoms with Gasteiger partial charge in [-0.25, -0.2) is 0 Å². The maximum absolute atomic E-state index is 12.6. The van der Waals surface area contributed by atoms with E-state index >= 15 is 0 Å². The van der Waals surface area contributed by atoms with Gasteiger partial charge in [0.1, 0.15) is 17.9 Å². The van der Waals surface area contributed by atoms with Gasteiger partial charge in [-0.3, -0.25) is 9.69 Å². The van der Waals surface area contributed by atoms with E-state index in [0.717, 1.165) is 48.9 Å². The van der Waals surface area contributed by atoms with Gasteiger partial charge in [-0.1, -0.05) is 5.16 Å². The lowest BCUT2D eigenvalue weighted by atomic mass is 10.0. The fourth-order valence-electron chi connectivity index (χ4n) is 3.57. The summed E-state index contributed by atoms with van der Waals surface area (Å²) in [4.78, 5) is 16.3. The van der Waals surface area contributed by atoms with E-state index in [1.807, 2.05) is 30.8 Å². The average Bonchev–Trinajstić information content (AvgIpc) is 3.37. The van der Waals surface area contributed by atoms with Gasteiger partial charge in [0.15, 0.2) is 0 Å². The molecule has 9 heteroatoms. The molecule has 0 bridgehead atoms. The minimum Gasteiger partial charge on any atom is -0.361 e. The fraction of sp³-hybridized carbons (Fsp3) is 0.474. The topological polar surface area (TPSA) is 89.1 Å². The molecule has 148 valence electrons. The average molecular weight is 401 g/mol. The smallest absolute Gasteiger partial charge is 0.252 e. The van der Waals surface area contributed by atoms with E-state index in [1.54, 1.807) is 17.7 Å². The van der Waals surface area contributed by atoms with Gasteiger partial charge in [-0.2, -0.15) is 0 Å². The molecule has 0 fully saturated rings. The Bertz CT molecular complexity index is 969. The molecule has 0 aliphatic carbocycles. The maximum atomic E-state index is 12.6. The summed E-state index contributed by atoms with van der Waals surface area (Å²) in [6.07, 6.45) is 3.22. The largest absolute Gasteiger partial charge is 0.361 e. The molecule has 3 aromatic rings. The normalized spacial score (nSPS) is 14.2. The lowest BCUT2D eigenvalue weighted by molar-refractivity contribution is 0.0952. The van der Waals surface area contributed by atoms with Gasteiger partial charge < -0.3 is 14.4 Å². The van der Waals surface area contributed by atoms with Gasteiger partial charge >= 0.3 is 0 Å². The number of hydrogen-bond donors (Lipinski definition) is 1. The number of aryl methyl sites for hydroxylation is 3. The predicted molar refractivity (Wildman–Crippen MR) is 105 cm³/mol. The quantitative estimate of drug-likeness (QED) is 0.681. The van der Waals surface area contributed by atoms with Gasteiger partial charge in [0.05, 0.1) is 11.3 Å². The Labute approximate surface area is 167 Å². The number of hydrogen-bond acceptors (Lipinski definition) is 7. The zero-order valence-corrected chi connectivity index (χ0v) is 17.2. The molecule has 0 unspecified atom stereocenters. The summed E-state index contributed by atoms with van der Waals surface area (Å²) >= 11 is 1.67. The van der Waals surface area contributed by atoms with Crippen molar-refractivity contribution in [2.24, 2.45) is 7.05 Å². The first kappa shape index (κ1) is 18.8.